The molecule has 3 rings (SSSR count). The molecular weight excluding hydrogens is 446 g/mol. The van der Waals surface area contributed by atoms with Gasteiger partial charge in [-0.2, -0.15) is 11.3 Å². The number of aromatic nitrogens is 1. The van der Waals surface area contributed by atoms with Gasteiger partial charge in [0.05, 0.1) is 11.4 Å². The minimum absolute atomic E-state index is 0.0369. The number of nitrogens with zero attached hydrogens (tertiary/aromatic N) is 2. The van der Waals surface area contributed by atoms with Crippen molar-refractivity contribution in [1.82, 2.24) is 10.3 Å². The second-order valence-corrected chi connectivity index (χ2v) is 8.91. The summed E-state index contributed by atoms with van der Waals surface area (Å²) < 4.78 is 5.30. The van der Waals surface area contributed by atoms with Crippen molar-refractivity contribution in [3.8, 4) is 0 Å². The van der Waals surface area contributed by atoms with Gasteiger partial charge in [0.1, 0.15) is 6.61 Å². The van der Waals surface area contributed by atoms with E-state index in [4.69, 9.17) is 4.74 Å². The van der Waals surface area contributed by atoms with Gasteiger partial charge in [-0.15, -0.1) is 11.3 Å². The lowest BCUT2D eigenvalue weighted by Crippen LogP contribution is -2.24. The van der Waals surface area contributed by atoms with Crippen molar-refractivity contribution in [2.75, 3.05) is 11.4 Å². The molecule has 32 heavy (non-hydrogen) atoms. The first kappa shape index (κ1) is 23.6. The Morgan fingerprint density at radius 3 is 2.66 bits per heavy atom. The summed E-state index contributed by atoms with van der Waals surface area (Å²) in [6.45, 7) is 5.89. The zero-order chi connectivity index (χ0) is 23.1. The average Bonchev–Trinajstić information content (AvgIpc) is 3.43. The lowest BCUT2D eigenvalue weighted by atomic mass is 10.1. The Kier molecular flexibility index (Phi) is 8.13. The van der Waals surface area contributed by atoms with Crippen LogP contribution in [0, 0.1) is 13.8 Å². The van der Waals surface area contributed by atoms with Crippen LogP contribution in [0.15, 0.2) is 40.4 Å². The van der Waals surface area contributed by atoms with E-state index in [0.717, 1.165) is 16.8 Å². The van der Waals surface area contributed by atoms with Gasteiger partial charge in [-0.1, -0.05) is 17.7 Å². The average molecular weight is 472 g/mol. The molecule has 0 unspecified atom stereocenters. The van der Waals surface area contributed by atoms with Gasteiger partial charge in [0.15, 0.2) is 5.13 Å². The van der Waals surface area contributed by atoms with E-state index in [0.29, 0.717) is 29.4 Å². The molecule has 0 saturated heterocycles. The van der Waals surface area contributed by atoms with E-state index in [1.807, 2.05) is 37.4 Å². The number of carbonyl (C=O) groups excluding carboxylic acids is 3. The summed E-state index contributed by atoms with van der Waals surface area (Å²) in [6, 6.07) is 7.63. The number of esters is 1. The number of anilines is 2. The van der Waals surface area contributed by atoms with Crippen molar-refractivity contribution >= 4 is 51.3 Å². The van der Waals surface area contributed by atoms with Gasteiger partial charge < -0.3 is 10.1 Å². The zero-order valence-electron chi connectivity index (χ0n) is 18.2. The highest BCUT2D eigenvalue weighted by Gasteiger charge is 2.20. The highest BCUT2D eigenvalue weighted by atomic mass is 32.1. The van der Waals surface area contributed by atoms with Crippen molar-refractivity contribution in [3.63, 3.8) is 0 Å². The highest BCUT2D eigenvalue weighted by Crippen LogP contribution is 2.31. The second-order valence-electron chi connectivity index (χ2n) is 7.30. The summed E-state index contributed by atoms with van der Waals surface area (Å²) in [4.78, 5) is 42.2. The van der Waals surface area contributed by atoms with E-state index in [-0.39, 0.29) is 30.8 Å². The van der Waals surface area contributed by atoms with Crippen LogP contribution >= 0.6 is 22.7 Å². The molecule has 0 aliphatic heterocycles. The second kappa shape index (κ2) is 11.0. The largest absolute Gasteiger partial charge is 0.459 e. The first-order chi connectivity index (χ1) is 15.3. The molecule has 2 amide bonds. The normalized spacial score (nSPS) is 10.6. The number of thiophene rings is 1. The summed E-state index contributed by atoms with van der Waals surface area (Å²) in [5.74, 6) is -0.644. The van der Waals surface area contributed by atoms with E-state index in [1.54, 1.807) is 21.7 Å². The van der Waals surface area contributed by atoms with Crippen molar-refractivity contribution in [2.45, 2.75) is 40.2 Å². The van der Waals surface area contributed by atoms with Crippen LogP contribution in [0.2, 0.25) is 0 Å². The van der Waals surface area contributed by atoms with Crippen molar-refractivity contribution in [3.05, 3.63) is 62.8 Å². The van der Waals surface area contributed by atoms with Gasteiger partial charge in [-0.05, 0) is 43.3 Å². The maximum Gasteiger partial charge on any atom is 0.306 e. The minimum Gasteiger partial charge on any atom is -0.459 e. The fraction of sp³-hybridized carbons (Fsp3) is 0.304. The number of rotatable bonds is 9. The van der Waals surface area contributed by atoms with Gasteiger partial charge in [0, 0.05) is 36.2 Å². The summed E-state index contributed by atoms with van der Waals surface area (Å²) in [5.41, 5.74) is 4.09. The number of hydrogen-bond donors (Lipinski definition) is 1. The van der Waals surface area contributed by atoms with Gasteiger partial charge in [0.25, 0.3) is 5.91 Å². The van der Waals surface area contributed by atoms with E-state index in [1.165, 1.54) is 29.6 Å². The molecule has 0 aliphatic carbocycles. The van der Waals surface area contributed by atoms with Crippen molar-refractivity contribution in [2.24, 2.45) is 0 Å². The molecule has 168 valence electrons. The standard InChI is InChI=1S/C23H25N3O4S2/c1-15-6-7-20(16(2)11-15)26(17(3)27)23-25-19(14-32-23)12-30-21(28)5-4-9-24-22(29)18-8-10-31-13-18/h6-8,10-11,13-14H,4-5,9,12H2,1-3H3,(H,24,29). The Hall–Kier alpha value is -3.04. The first-order valence-electron chi connectivity index (χ1n) is 10.1. The lowest BCUT2D eigenvalue weighted by Gasteiger charge is -2.20. The van der Waals surface area contributed by atoms with E-state index >= 15 is 0 Å². The third-order valence-electron chi connectivity index (χ3n) is 4.65. The molecule has 0 aliphatic rings. The number of benzene rings is 1. The SMILES string of the molecule is CC(=O)N(c1nc(COC(=O)CCCNC(=O)c2ccsc2)cs1)c1ccc(C)cc1C. The molecule has 0 radical (unpaired) electrons. The predicted octanol–water partition coefficient (Wildman–Crippen LogP) is 4.76. The summed E-state index contributed by atoms with van der Waals surface area (Å²) in [6.07, 6.45) is 0.685. The van der Waals surface area contributed by atoms with Gasteiger partial charge in [-0.3, -0.25) is 19.3 Å². The number of aryl methyl sites for hydroxylation is 2. The third kappa shape index (κ3) is 6.24. The minimum atomic E-state index is -0.359. The Morgan fingerprint density at radius 2 is 1.97 bits per heavy atom. The molecule has 0 spiro atoms. The fourth-order valence-corrected chi connectivity index (χ4v) is 4.59. The smallest absolute Gasteiger partial charge is 0.306 e. The Labute approximate surface area is 195 Å². The Bertz CT molecular complexity index is 1090. The molecule has 1 N–H and O–H groups in total. The van der Waals surface area contributed by atoms with Crippen LogP contribution in [0.4, 0.5) is 10.8 Å². The maximum absolute atomic E-state index is 12.3. The number of nitrogens with one attached hydrogen (secondary N) is 1. The molecule has 0 atom stereocenters. The molecule has 9 heteroatoms. The monoisotopic (exact) mass is 471 g/mol. The van der Waals surface area contributed by atoms with Crippen LogP contribution in [0.25, 0.3) is 0 Å². The van der Waals surface area contributed by atoms with Crippen LogP contribution in [-0.4, -0.2) is 29.3 Å². The van der Waals surface area contributed by atoms with Crippen LogP contribution in [0.3, 0.4) is 0 Å². The lowest BCUT2D eigenvalue weighted by molar-refractivity contribution is -0.145. The predicted molar refractivity (Wildman–Crippen MR) is 127 cm³/mol. The van der Waals surface area contributed by atoms with Gasteiger partial charge >= 0.3 is 5.97 Å². The maximum atomic E-state index is 12.3. The molecule has 0 saturated carbocycles. The van der Waals surface area contributed by atoms with Gasteiger partial charge in [0.2, 0.25) is 5.91 Å². The molecular formula is C23H25N3O4S2. The molecule has 7 nitrogen and oxygen atoms in total. The van der Waals surface area contributed by atoms with E-state index < -0.39 is 0 Å². The number of carbonyl (C=O) groups is 3. The quantitative estimate of drug-likeness (QED) is 0.359. The van der Waals surface area contributed by atoms with Crippen LogP contribution < -0.4 is 10.2 Å². The number of ether oxygens (including phenoxy) is 1. The number of thiazole rings is 1. The molecule has 2 heterocycles. The van der Waals surface area contributed by atoms with Crippen LogP contribution in [0.1, 0.15) is 46.9 Å². The summed E-state index contributed by atoms with van der Waals surface area (Å²) in [5, 5.41) is 8.71. The van der Waals surface area contributed by atoms with Crippen molar-refractivity contribution in [1.29, 1.82) is 0 Å². The third-order valence-corrected chi connectivity index (χ3v) is 6.20. The van der Waals surface area contributed by atoms with E-state index in [2.05, 4.69) is 10.3 Å². The van der Waals surface area contributed by atoms with Gasteiger partial charge in [-0.25, -0.2) is 4.98 Å². The number of hydrogen-bond acceptors (Lipinski definition) is 7. The fourth-order valence-electron chi connectivity index (χ4n) is 3.09. The van der Waals surface area contributed by atoms with E-state index in [9.17, 15) is 14.4 Å². The Balaban J connectivity index is 1.49. The van der Waals surface area contributed by atoms with Crippen LogP contribution in [-0.2, 0) is 20.9 Å². The first-order valence-corrected chi connectivity index (χ1v) is 12.0. The topological polar surface area (TPSA) is 88.6 Å². The Morgan fingerprint density at radius 1 is 1.16 bits per heavy atom. The molecule has 0 fully saturated rings. The molecule has 0 bridgehead atoms. The van der Waals surface area contributed by atoms with Crippen LogP contribution in [0.5, 0.6) is 0 Å². The summed E-state index contributed by atoms with van der Waals surface area (Å²) >= 11 is 2.78. The zero-order valence-corrected chi connectivity index (χ0v) is 19.8. The summed E-state index contributed by atoms with van der Waals surface area (Å²) in [7, 11) is 0. The molecule has 2 aromatic heterocycles. The number of amides is 2. The van der Waals surface area contributed by atoms with Crippen molar-refractivity contribution < 1.29 is 19.1 Å². The molecule has 1 aromatic carbocycles. The highest BCUT2D eigenvalue weighted by molar-refractivity contribution is 7.14. The molecule has 3 aromatic rings.